The zero-order valence-corrected chi connectivity index (χ0v) is 9.76. The Kier molecular flexibility index (Phi) is 3.09. The van der Waals surface area contributed by atoms with Crippen molar-refractivity contribution < 1.29 is 12.8 Å². The third-order valence-corrected chi connectivity index (χ3v) is 3.85. The highest BCUT2D eigenvalue weighted by atomic mass is 35.7. The van der Waals surface area contributed by atoms with E-state index in [1.54, 1.807) is 0 Å². The van der Waals surface area contributed by atoms with Gasteiger partial charge in [-0.05, 0) is 25.5 Å². The van der Waals surface area contributed by atoms with Crippen LogP contribution in [0.1, 0.15) is 11.1 Å². The van der Waals surface area contributed by atoms with Gasteiger partial charge in [0.1, 0.15) is 5.82 Å². The molecule has 1 aromatic carbocycles. The molecule has 0 aliphatic carbocycles. The summed E-state index contributed by atoms with van der Waals surface area (Å²) in [5.41, 5.74) is 0.252. The van der Waals surface area contributed by atoms with Crippen LogP contribution in [-0.2, 0) is 9.05 Å². The van der Waals surface area contributed by atoms with Crippen LogP contribution in [0.2, 0.25) is 5.02 Å². The fourth-order valence-corrected chi connectivity index (χ4v) is 3.07. The Morgan fingerprint density at radius 3 is 2.21 bits per heavy atom. The van der Waals surface area contributed by atoms with Crippen molar-refractivity contribution in [2.75, 3.05) is 0 Å². The highest BCUT2D eigenvalue weighted by Crippen LogP contribution is 2.30. The first-order valence-electron chi connectivity index (χ1n) is 3.65. The van der Waals surface area contributed by atoms with Gasteiger partial charge in [-0.1, -0.05) is 11.6 Å². The second kappa shape index (κ2) is 3.68. The van der Waals surface area contributed by atoms with Crippen molar-refractivity contribution in [1.29, 1.82) is 0 Å². The molecule has 14 heavy (non-hydrogen) atoms. The standard InChI is InChI=1S/C8H7Cl2FO2S/c1-4-6(9)3-7(11)5(2)8(4)14(10,12)13/h3H,1-2H3. The lowest BCUT2D eigenvalue weighted by atomic mass is 10.1. The van der Waals surface area contributed by atoms with Gasteiger partial charge in [-0.3, -0.25) is 0 Å². The average Bonchev–Trinajstić information content (AvgIpc) is 1.98. The van der Waals surface area contributed by atoms with Crippen molar-refractivity contribution in [3.05, 3.63) is 28.0 Å². The quantitative estimate of drug-likeness (QED) is 0.724. The summed E-state index contributed by atoms with van der Waals surface area (Å²) in [6, 6.07) is 1.07. The van der Waals surface area contributed by atoms with Gasteiger partial charge in [0.2, 0.25) is 0 Å². The minimum atomic E-state index is -3.96. The van der Waals surface area contributed by atoms with Gasteiger partial charge in [0.05, 0.1) is 4.90 Å². The molecule has 0 saturated heterocycles. The first kappa shape index (κ1) is 11.8. The minimum absolute atomic E-state index is 0.0121. The summed E-state index contributed by atoms with van der Waals surface area (Å²) >= 11 is 5.63. The zero-order chi connectivity index (χ0) is 11.1. The zero-order valence-electron chi connectivity index (χ0n) is 7.44. The molecule has 1 rings (SSSR count). The van der Waals surface area contributed by atoms with Gasteiger partial charge >= 0.3 is 0 Å². The van der Waals surface area contributed by atoms with Crippen LogP contribution >= 0.6 is 22.3 Å². The van der Waals surface area contributed by atoms with Crippen LogP contribution in [0.3, 0.4) is 0 Å². The number of rotatable bonds is 1. The molecular weight excluding hydrogens is 250 g/mol. The maximum Gasteiger partial charge on any atom is 0.261 e. The Morgan fingerprint density at radius 1 is 1.29 bits per heavy atom. The Balaban J connectivity index is 3.74. The monoisotopic (exact) mass is 256 g/mol. The van der Waals surface area contributed by atoms with Crippen molar-refractivity contribution in [1.82, 2.24) is 0 Å². The molecule has 0 aliphatic heterocycles. The highest BCUT2D eigenvalue weighted by molar-refractivity contribution is 8.13. The van der Waals surface area contributed by atoms with Crippen molar-refractivity contribution >= 4 is 31.3 Å². The number of hydrogen-bond acceptors (Lipinski definition) is 2. The maximum atomic E-state index is 13.1. The van der Waals surface area contributed by atoms with Crippen LogP contribution in [0.15, 0.2) is 11.0 Å². The molecule has 0 aliphatic rings. The van der Waals surface area contributed by atoms with Gasteiger partial charge < -0.3 is 0 Å². The first-order chi connectivity index (χ1) is 6.25. The first-order valence-corrected chi connectivity index (χ1v) is 6.33. The highest BCUT2D eigenvalue weighted by Gasteiger charge is 2.21. The molecule has 1 aromatic rings. The third-order valence-electron chi connectivity index (χ3n) is 1.89. The molecule has 0 amide bonds. The summed E-state index contributed by atoms with van der Waals surface area (Å²) in [7, 11) is 1.20. The molecule has 78 valence electrons. The van der Waals surface area contributed by atoms with Gasteiger partial charge in [-0.25, -0.2) is 12.8 Å². The third kappa shape index (κ3) is 2.02. The predicted molar refractivity (Wildman–Crippen MR) is 53.9 cm³/mol. The Bertz CT molecular complexity index is 456. The van der Waals surface area contributed by atoms with E-state index in [-0.39, 0.29) is 21.0 Å². The smallest absolute Gasteiger partial charge is 0.207 e. The van der Waals surface area contributed by atoms with Gasteiger partial charge in [-0.2, -0.15) is 0 Å². The topological polar surface area (TPSA) is 34.1 Å². The normalized spacial score (nSPS) is 11.8. The fraction of sp³-hybridized carbons (Fsp3) is 0.250. The predicted octanol–water partition coefficient (Wildman–Crippen LogP) is 3.02. The second-order valence-corrected chi connectivity index (χ2v) is 5.77. The van der Waals surface area contributed by atoms with Crippen molar-refractivity contribution in [3.63, 3.8) is 0 Å². The summed E-state index contributed by atoms with van der Waals surface area (Å²) in [6.45, 7) is 2.82. The van der Waals surface area contributed by atoms with E-state index in [9.17, 15) is 12.8 Å². The molecule has 0 unspecified atom stereocenters. The lowest BCUT2D eigenvalue weighted by Crippen LogP contribution is -2.01. The summed E-state index contributed by atoms with van der Waals surface area (Å²) in [4.78, 5) is -0.246. The molecule has 0 bridgehead atoms. The van der Waals surface area contributed by atoms with E-state index in [2.05, 4.69) is 0 Å². The van der Waals surface area contributed by atoms with E-state index in [4.69, 9.17) is 22.3 Å². The fourth-order valence-electron chi connectivity index (χ4n) is 1.19. The van der Waals surface area contributed by atoms with Gasteiger partial charge in [0, 0.05) is 21.3 Å². The number of hydrogen-bond donors (Lipinski definition) is 0. The van der Waals surface area contributed by atoms with Gasteiger partial charge in [0.15, 0.2) is 0 Å². The van der Waals surface area contributed by atoms with Crippen molar-refractivity contribution in [2.24, 2.45) is 0 Å². The van der Waals surface area contributed by atoms with Gasteiger partial charge in [-0.15, -0.1) is 0 Å². The molecule has 0 saturated carbocycles. The maximum absolute atomic E-state index is 13.1. The van der Waals surface area contributed by atoms with Crippen molar-refractivity contribution in [2.45, 2.75) is 18.7 Å². The molecule has 6 heteroatoms. The number of benzene rings is 1. The molecule has 0 aromatic heterocycles. The molecule has 0 N–H and O–H groups in total. The Labute approximate surface area is 91.1 Å². The van der Waals surface area contributed by atoms with Crippen LogP contribution in [-0.4, -0.2) is 8.42 Å². The van der Waals surface area contributed by atoms with E-state index in [1.165, 1.54) is 13.8 Å². The molecule has 0 atom stereocenters. The molecule has 0 fully saturated rings. The molecule has 0 radical (unpaired) electrons. The van der Waals surface area contributed by atoms with E-state index in [0.29, 0.717) is 0 Å². The van der Waals surface area contributed by atoms with E-state index in [0.717, 1.165) is 6.07 Å². The summed E-state index contributed by atoms with van der Waals surface area (Å²) in [6.07, 6.45) is 0. The van der Waals surface area contributed by atoms with Crippen LogP contribution in [0, 0.1) is 19.7 Å². The summed E-state index contributed by atoms with van der Waals surface area (Å²) in [5.74, 6) is -0.681. The van der Waals surface area contributed by atoms with E-state index in [1.807, 2.05) is 0 Å². The van der Waals surface area contributed by atoms with Gasteiger partial charge in [0.25, 0.3) is 9.05 Å². The Morgan fingerprint density at radius 2 is 1.79 bits per heavy atom. The molecule has 0 spiro atoms. The minimum Gasteiger partial charge on any atom is -0.207 e. The molecular formula is C8H7Cl2FO2S. The molecule has 2 nitrogen and oxygen atoms in total. The summed E-state index contributed by atoms with van der Waals surface area (Å²) < 4.78 is 35.4. The van der Waals surface area contributed by atoms with Crippen LogP contribution in [0.25, 0.3) is 0 Å². The molecule has 0 heterocycles. The lowest BCUT2D eigenvalue weighted by Gasteiger charge is -2.08. The number of halogens is 3. The van der Waals surface area contributed by atoms with Crippen LogP contribution in [0.4, 0.5) is 4.39 Å². The summed E-state index contributed by atoms with van der Waals surface area (Å²) in [5, 5.41) is 0.0484. The average molecular weight is 257 g/mol. The van der Waals surface area contributed by atoms with E-state index < -0.39 is 14.9 Å². The lowest BCUT2D eigenvalue weighted by molar-refractivity contribution is 0.595. The second-order valence-electron chi connectivity index (χ2n) is 2.86. The largest absolute Gasteiger partial charge is 0.261 e. The van der Waals surface area contributed by atoms with Crippen LogP contribution < -0.4 is 0 Å². The Hall–Kier alpha value is -0.320. The van der Waals surface area contributed by atoms with Crippen LogP contribution in [0.5, 0.6) is 0 Å². The van der Waals surface area contributed by atoms with E-state index >= 15 is 0 Å². The van der Waals surface area contributed by atoms with Crippen molar-refractivity contribution in [3.8, 4) is 0 Å². The SMILES string of the molecule is Cc1c(F)cc(Cl)c(C)c1S(=O)(=O)Cl.